The van der Waals surface area contributed by atoms with Gasteiger partial charge in [0.2, 0.25) is 0 Å². The molecular formula is C14H18O. The summed E-state index contributed by atoms with van der Waals surface area (Å²) in [5.74, 6) is 0.403. The molecule has 1 aromatic carbocycles. The Bertz CT molecular complexity index is 365. The SMILES string of the molecule is CC(C)(C=O)C1CCCc2ccccc21. The largest absolute Gasteiger partial charge is 0.303 e. The molecule has 0 aliphatic heterocycles. The number of hydrogen-bond acceptors (Lipinski definition) is 1. The summed E-state index contributed by atoms with van der Waals surface area (Å²) in [6.07, 6.45) is 4.63. The van der Waals surface area contributed by atoms with Crippen LogP contribution in [-0.2, 0) is 11.2 Å². The molecule has 0 spiro atoms. The van der Waals surface area contributed by atoms with Crippen LogP contribution in [0.25, 0.3) is 0 Å². The molecule has 15 heavy (non-hydrogen) atoms. The standard InChI is InChI=1S/C14H18O/c1-14(2,10-15)13-9-5-7-11-6-3-4-8-12(11)13/h3-4,6,8,10,13H,5,7,9H2,1-2H3. The smallest absolute Gasteiger partial charge is 0.126 e. The third-order valence-electron chi connectivity index (χ3n) is 3.57. The number of benzene rings is 1. The zero-order valence-electron chi connectivity index (χ0n) is 9.49. The van der Waals surface area contributed by atoms with Gasteiger partial charge in [0.05, 0.1) is 0 Å². The maximum absolute atomic E-state index is 11.1. The molecule has 0 saturated heterocycles. The van der Waals surface area contributed by atoms with Crippen LogP contribution in [0.15, 0.2) is 24.3 Å². The van der Waals surface area contributed by atoms with Gasteiger partial charge in [0.1, 0.15) is 6.29 Å². The summed E-state index contributed by atoms with van der Waals surface area (Å²) in [5.41, 5.74) is 2.60. The summed E-state index contributed by atoms with van der Waals surface area (Å²) >= 11 is 0. The molecule has 0 aromatic heterocycles. The molecule has 0 bridgehead atoms. The van der Waals surface area contributed by atoms with Gasteiger partial charge in [0.25, 0.3) is 0 Å². The quantitative estimate of drug-likeness (QED) is 0.672. The second-order valence-electron chi connectivity index (χ2n) is 5.08. The Kier molecular flexibility index (Phi) is 2.64. The first kappa shape index (κ1) is 10.4. The number of rotatable bonds is 2. The lowest BCUT2D eigenvalue weighted by molar-refractivity contribution is -0.115. The van der Waals surface area contributed by atoms with Crippen molar-refractivity contribution in [1.82, 2.24) is 0 Å². The molecule has 1 atom stereocenters. The minimum Gasteiger partial charge on any atom is -0.303 e. The third-order valence-corrected chi connectivity index (χ3v) is 3.57. The molecular weight excluding hydrogens is 184 g/mol. The molecule has 0 heterocycles. The monoisotopic (exact) mass is 202 g/mol. The summed E-state index contributed by atoms with van der Waals surface area (Å²) in [6.45, 7) is 4.10. The van der Waals surface area contributed by atoms with Crippen molar-refractivity contribution in [3.8, 4) is 0 Å². The van der Waals surface area contributed by atoms with Gasteiger partial charge in [0.15, 0.2) is 0 Å². The predicted octanol–water partition coefficient (Wildman–Crippen LogP) is 3.33. The first-order valence-corrected chi connectivity index (χ1v) is 5.69. The molecule has 1 aliphatic carbocycles. The van der Waals surface area contributed by atoms with Crippen LogP contribution in [0.4, 0.5) is 0 Å². The Morgan fingerprint density at radius 3 is 2.80 bits per heavy atom. The second kappa shape index (κ2) is 3.80. The molecule has 1 aromatic rings. The van der Waals surface area contributed by atoms with Crippen molar-refractivity contribution in [2.45, 2.75) is 39.0 Å². The third kappa shape index (κ3) is 1.83. The maximum Gasteiger partial charge on any atom is 0.126 e. The Balaban J connectivity index is 2.42. The summed E-state index contributed by atoms with van der Waals surface area (Å²) in [4.78, 5) is 11.1. The lowest BCUT2D eigenvalue weighted by Crippen LogP contribution is -2.27. The predicted molar refractivity (Wildman–Crippen MR) is 62.0 cm³/mol. The van der Waals surface area contributed by atoms with Crippen LogP contribution in [0.1, 0.15) is 43.7 Å². The van der Waals surface area contributed by atoms with Gasteiger partial charge in [-0.25, -0.2) is 0 Å². The zero-order valence-corrected chi connectivity index (χ0v) is 9.49. The first-order valence-electron chi connectivity index (χ1n) is 5.69. The number of aldehydes is 1. The highest BCUT2D eigenvalue weighted by Crippen LogP contribution is 2.42. The summed E-state index contributed by atoms with van der Waals surface area (Å²) in [6, 6.07) is 8.56. The van der Waals surface area contributed by atoms with Crippen LogP contribution < -0.4 is 0 Å². The van der Waals surface area contributed by atoms with E-state index in [0.717, 1.165) is 12.7 Å². The van der Waals surface area contributed by atoms with Crippen LogP contribution in [0.2, 0.25) is 0 Å². The normalized spacial score (nSPS) is 20.8. The zero-order chi connectivity index (χ0) is 10.9. The molecule has 0 N–H and O–H groups in total. The Morgan fingerprint density at radius 2 is 2.07 bits per heavy atom. The van der Waals surface area contributed by atoms with Crippen molar-refractivity contribution in [3.63, 3.8) is 0 Å². The van der Waals surface area contributed by atoms with E-state index < -0.39 is 0 Å². The Labute approximate surface area is 91.5 Å². The molecule has 1 aliphatic rings. The summed E-state index contributed by atoms with van der Waals surface area (Å²) in [7, 11) is 0. The second-order valence-corrected chi connectivity index (χ2v) is 5.08. The number of carbonyl (C=O) groups excluding carboxylic acids is 1. The molecule has 1 unspecified atom stereocenters. The van der Waals surface area contributed by atoms with Crippen LogP contribution in [0, 0.1) is 5.41 Å². The van der Waals surface area contributed by atoms with Gasteiger partial charge >= 0.3 is 0 Å². The molecule has 1 heteroatoms. The van der Waals surface area contributed by atoms with Crippen LogP contribution in [-0.4, -0.2) is 6.29 Å². The number of fused-ring (bicyclic) bond motifs is 1. The molecule has 0 amide bonds. The van der Waals surface area contributed by atoms with Crippen molar-refractivity contribution in [2.75, 3.05) is 0 Å². The average Bonchev–Trinajstić information content (AvgIpc) is 2.28. The van der Waals surface area contributed by atoms with E-state index in [-0.39, 0.29) is 5.41 Å². The van der Waals surface area contributed by atoms with Crippen molar-refractivity contribution in [2.24, 2.45) is 5.41 Å². The van der Waals surface area contributed by atoms with E-state index in [1.165, 1.54) is 24.0 Å². The van der Waals surface area contributed by atoms with Gasteiger partial charge in [-0.2, -0.15) is 0 Å². The number of aryl methyl sites for hydroxylation is 1. The highest BCUT2D eigenvalue weighted by atomic mass is 16.1. The fraction of sp³-hybridized carbons (Fsp3) is 0.500. The number of hydrogen-bond donors (Lipinski definition) is 0. The highest BCUT2D eigenvalue weighted by Gasteiger charge is 2.33. The van der Waals surface area contributed by atoms with Gasteiger partial charge < -0.3 is 4.79 Å². The van der Waals surface area contributed by atoms with Crippen LogP contribution in [0.5, 0.6) is 0 Å². The fourth-order valence-electron chi connectivity index (χ4n) is 2.61. The van der Waals surface area contributed by atoms with Crippen LogP contribution in [0.3, 0.4) is 0 Å². The molecule has 80 valence electrons. The van der Waals surface area contributed by atoms with Gasteiger partial charge in [-0.3, -0.25) is 0 Å². The summed E-state index contributed by atoms with van der Waals surface area (Å²) in [5, 5.41) is 0. The van der Waals surface area contributed by atoms with Gasteiger partial charge in [-0.15, -0.1) is 0 Å². The van der Waals surface area contributed by atoms with E-state index in [4.69, 9.17) is 0 Å². The Hall–Kier alpha value is -1.11. The lowest BCUT2D eigenvalue weighted by Gasteiger charge is -2.34. The molecule has 0 radical (unpaired) electrons. The van der Waals surface area contributed by atoms with Gasteiger partial charge in [-0.1, -0.05) is 38.1 Å². The topological polar surface area (TPSA) is 17.1 Å². The average molecular weight is 202 g/mol. The van der Waals surface area contributed by atoms with Gasteiger partial charge in [-0.05, 0) is 36.3 Å². The van der Waals surface area contributed by atoms with Crippen LogP contribution >= 0.6 is 0 Å². The minimum absolute atomic E-state index is 0.226. The Morgan fingerprint density at radius 1 is 1.33 bits per heavy atom. The fourth-order valence-corrected chi connectivity index (χ4v) is 2.61. The summed E-state index contributed by atoms with van der Waals surface area (Å²) < 4.78 is 0. The maximum atomic E-state index is 11.1. The van der Waals surface area contributed by atoms with E-state index in [9.17, 15) is 4.79 Å². The molecule has 0 saturated carbocycles. The van der Waals surface area contributed by atoms with Gasteiger partial charge in [0, 0.05) is 5.41 Å². The van der Waals surface area contributed by atoms with E-state index in [2.05, 4.69) is 24.3 Å². The number of carbonyl (C=O) groups is 1. The minimum atomic E-state index is -0.226. The van der Waals surface area contributed by atoms with E-state index in [1.807, 2.05) is 13.8 Å². The van der Waals surface area contributed by atoms with Crippen molar-refractivity contribution < 1.29 is 4.79 Å². The highest BCUT2D eigenvalue weighted by molar-refractivity contribution is 5.61. The van der Waals surface area contributed by atoms with Crippen molar-refractivity contribution in [1.29, 1.82) is 0 Å². The van der Waals surface area contributed by atoms with E-state index in [0.29, 0.717) is 5.92 Å². The van der Waals surface area contributed by atoms with E-state index >= 15 is 0 Å². The first-order chi connectivity index (χ1) is 7.15. The van der Waals surface area contributed by atoms with E-state index in [1.54, 1.807) is 0 Å². The van der Waals surface area contributed by atoms with Crippen molar-refractivity contribution in [3.05, 3.63) is 35.4 Å². The molecule has 0 fully saturated rings. The van der Waals surface area contributed by atoms with Crippen molar-refractivity contribution >= 4 is 6.29 Å². The molecule has 1 nitrogen and oxygen atoms in total. The molecule has 2 rings (SSSR count). The lowest BCUT2D eigenvalue weighted by atomic mass is 9.69.